The molecule has 0 bridgehead atoms. The molecule has 1 heterocycles. The molecule has 2 aromatic rings. The summed E-state index contributed by atoms with van der Waals surface area (Å²) in [5.74, 6) is 1.52. The Balaban J connectivity index is 2.28. The molecule has 0 amide bonds. The molecule has 2 rings (SSSR count). The normalized spacial score (nSPS) is 12.9. The summed E-state index contributed by atoms with van der Waals surface area (Å²) in [4.78, 5) is 4.32. The molecule has 0 spiro atoms. The lowest BCUT2D eigenvalue weighted by Crippen LogP contribution is -2.22. The first kappa shape index (κ1) is 11.0. The van der Waals surface area contributed by atoms with Crippen LogP contribution < -0.4 is 10.5 Å². The number of aryl methyl sites for hydroxylation is 1. The molecule has 0 aliphatic rings. The third-order valence-electron chi connectivity index (χ3n) is 2.38. The highest BCUT2D eigenvalue weighted by atomic mass is 16.5. The van der Waals surface area contributed by atoms with Gasteiger partial charge in [0, 0.05) is 19.0 Å². The van der Waals surface area contributed by atoms with Crippen LogP contribution in [0, 0.1) is 0 Å². The molecule has 4 nitrogen and oxygen atoms in total. The van der Waals surface area contributed by atoms with Gasteiger partial charge in [0.05, 0.1) is 0 Å². The van der Waals surface area contributed by atoms with E-state index in [1.165, 1.54) is 0 Å². The van der Waals surface area contributed by atoms with Gasteiger partial charge in [0.1, 0.15) is 17.4 Å². The molecular weight excluding hydrogens is 204 g/mol. The van der Waals surface area contributed by atoms with Crippen molar-refractivity contribution in [1.82, 2.24) is 4.98 Å². The smallest absolute Gasteiger partial charge is 0.195 e. The number of rotatable bonds is 4. The maximum absolute atomic E-state index is 5.60. The van der Waals surface area contributed by atoms with Crippen molar-refractivity contribution < 1.29 is 9.15 Å². The van der Waals surface area contributed by atoms with Crippen molar-refractivity contribution in [2.45, 2.75) is 26.4 Å². The average Bonchev–Trinajstić information content (AvgIpc) is 2.71. The van der Waals surface area contributed by atoms with Gasteiger partial charge in [-0.15, -0.1) is 0 Å². The van der Waals surface area contributed by atoms with Gasteiger partial charge in [0.2, 0.25) is 0 Å². The quantitative estimate of drug-likeness (QED) is 0.857. The fraction of sp³-hybridized carbons (Fsp3) is 0.417. The summed E-state index contributed by atoms with van der Waals surface area (Å²) in [5.41, 5.74) is 7.13. The Kier molecular flexibility index (Phi) is 3.10. The summed E-state index contributed by atoms with van der Waals surface area (Å²) in [7, 11) is 0. The van der Waals surface area contributed by atoms with Gasteiger partial charge in [0.25, 0.3) is 0 Å². The molecule has 1 atom stereocenters. The Morgan fingerprint density at radius 3 is 3.00 bits per heavy atom. The summed E-state index contributed by atoms with van der Waals surface area (Å²) >= 11 is 0. The largest absolute Gasteiger partial charge is 0.489 e. The van der Waals surface area contributed by atoms with E-state index in [-0.39, 0.29) is 6.10 Å². The number of hydrogen-bond donors (Lipinski definition) is 1. The number of nitrogens with zero attached hydrogens (tertiary/aromatic N) is 1. The van der Waals surface area contributed by atoms with E-state index < -0.39 is 0 Å². The van der Waals surface area contributed by atoms with Crippen molar-refractivity contribution in [1.29, 1.82) is 0 Å². The second kappa shape index (κ2) is 4.53. The topological polar surface area (TPSA) is 61.3 Å². The molecule has 0 aliphatic carbocycles. The van der Waals surface area contributed by atoms with Crippen molar-refractivity contribution in [2.75, 3.05) is 6.54 Å². The van der Waals surface area contributed by atoms with Gasteiger partial charge in [-0.05, 0) is 19.1 Å². The van der Waals surface area contributed by atoms with Gasteiger partial charge in [-0.1, -0.05) is 6.92 Å². The van der Waals surface area contributed by atoms with Crippen LogP contribution >= 0.6 is 0 Å². The standard InChI is InChI=1S/C12H16N2O2/c1-3-12-14-10-5-4-9(6-11(10)16-12)15-8(2)7-13/h4-6,8H,3,7,13H2,1-2H3. The highest BCUT2D eigenvalue weighted by molar-refractivity contribution is 5.74. The Morgan fingerprint density at radius 1 is 1.50 bits per heavy atom. The Hall–Kier alpha value is -1.55. The maximum Gasteiger partial charge on any atom is 0.195 e. The van der Waals surface area contributed by atoms with Gasteiger partial charge in [-0.25, -0.2) is 4.98 Å². The molecule has 1 aromatic heterocycles. The summed E-state index contributed by atoms with van der Waals surface area (Å²) in [6.07, 6.45) is 0.801. The predicted octanol–water partition coefficient (Wildman–Crippen LogP) is 2.12. The number of oxazole rings is 1. The molecule has 1 aromatic carbocycles. The van der Waals surface area contributed by atoms with E-state index in [0.29, 0.717) is 6.54 Å². The monoisotopic (exact) mass is 220 g/mol. The van der Waals surface area contributed by atoms with E-state index in [1.54, 1.807) is 0 Å². The minimum Gasteiger partial charge on any atom is -0.489 e. The van der Waals surface area contributed by atoms with Crippen LogP contribution in [-0.2, 0) is 6.42 Å². The van der Waals surface area contributed by atoms with Crippen LogP contribution in [0.25, 0.3) is 11.1 Å². The first-order valence-corrected chi connectivity index (χ1v) is 5.49. The van der Waals surface area contributed by atoms with Crippen molar-refractivity contribution in [3.8, 4) is 5.75 Å². The van der Waals surface area contributed by atoms with E-state index in [2.05, 4.69) is 4.98 Å². The summed E-state index contributed by atoms with van der Waals surface area (Å²) in [6.45, 7) is 4.44. The number of ether oxygens (including phenoxy) is 1. The fourth-order valence-corrected chi connectivity index (χ4v) is 1.46. The van der Waals surface area contributed by atoms with E-state index in [1.807, 2.05) is 32.0 Å². The zero-order valence-corrected chi connectivity index (χ0v) is 9.56. The predicted molar refractivity (Wildman–Crippen MR) is 62.5 cm³/mol. The number of hydrogen-bond acceptors (Lipinski definition) is 4. The zero-order chi connectivity index (χ0) is 11.5. The zero-order valence-electron chi connectivity index (χ0n) is 9.56. The third kappa shape index (κ3) is 2.17. The van der Waals surface area contributed by atoms with Crippen LogP contribution in [-0.4, -0.2) is 17.6 Å². The van der Waals surface area contributed by atoms with E-state index in [0.717, 1.165) is 29.2 Å². The molecule has 2 N–H and O–H groups in total. The highest BCUT2D eigenvalue weighted by Crippen LogP contribution is 2.22. The maximum atomic E-state index is 5.60. The lowest BCUT2D eigenvalue weighted by molar-refractivity contribution is 0.230. The Morgan fingerprint density at radius 2 is 2.31 bits per heavy atom. The van der Waals surface area contributed by atoms with Gasteiger partial charge in [-0.3, -0.25) is 0 Å². The third-order valence-corrected chi connectivity index (χ3v) is 2.38. The van der Waals surface area contributed by atoms with E-state index >= 15 is 0 Å². The van der Waals surface area contributed by atoms with Crippen molar-refractivity contribution in [3.63, 3.8) is 0 Å². The molecule has 0 saturated carbocycles. The Labute approximate surface area is 94.4 Å². The average molecular weight is 220 g/mol. The van der Waals surface area contributed by atoms with Crippen molar-refractivity contribution in [2.24, 2.45) is 5.73 Å². The highest BCUT2D eigenvalue weighted by Gasteiger charge is 2.07. The number of benzene rings is 1. The lowest BCUT2D eigenvalue weighted by atomic mass is 10.3. The van der Waals surface area contributed by atoms with Crippen LogP contribution in [0.2, 0.25) is 0 Å². The number of aromatic nitrogens is 1. The summed E-state index contributed by atoms with van der Waals surface area (Å²) < 4.78 is 11.2. The van der Waals surface area contributed by atoms with Gasteiger partial charge < -0.3 is 14.9 Å². The van der Waals surface area contributed by atoms with Crippen molar-refractivity contribution in [3.05, 3.63) is 24.1 Å². The lowest BCUT2D eigenvalue weighted by Gasteiger charge is -2.11. The Bertz CT molecular complexity index is 479. The van der Waals surface area contributed by atoms with Crippen molar-refractivity contribution >= 4 is 11.1 Å². The van der Waals surface area contributed by atoms with Gasteiger partial charge >= 0.3 is 0 Å². The van der Waals surface area contributed by atoms with Gasteiger partial charge in [0.15, 0.2) is 11.5 Å². The summed E-state index contributed by atoms with van der Waals surface area (Å²) in [6, 6.07) is 5.64. The van der Waals surface area contributed by atoms with Gasteiger partial charge in [-0.2, -0.15) is 0 Å². The molecule has 0 saturated heterocycles. The molecular formula is C12H16N2O2. The molecule has 1 unspecified atom stereocenters. The minimum atomic E-state index is 0.00557. The molecule has 0 fully saturated rings. The number of nitrogens with two attached hydrogens (primary N) is 1. The van der Waals surface area contributed by atoms with Crippen LogP contribution in [0.1, 0.15) is 19.7 Å². The first-order valence-electron chi connectivity index (χ1n) is 5.49. The van der Waals surface area contributed by atoms with Crippen LogP contribution in [0.15, 0.2) is 22.6 Å². The SMILES string of the molecule is CCc1nc2ccc(OC(C)CN)cc2o1. The molecule has 86 valence electrons. The molecule has 4 heteroatoms. The second-order valence-electron chi connectivity index (χ2n) is 3.75. The minimum absolute atomic E-state index is 0.00557. The van der Waals surface area contributed by atoms with E-state index in [9.17, 15) is 0 Å². The molecule has 0 aliphatic heterocycles. The van der Waals surface area contributed by atoms with Crippen LogP contribution in [0.4, 0.5) is 0 Å². The van der Waals surface area contributed by atoms with Crippen LogP contribution in [0.5, 0.6) is 5.75 Å². The van der Waals surface area contributed by atoms with Crippen LogP contribution in [0.3, 0.4) is 0 Å². The number of fused-ring (bicyclic) bond motifs is 1. The fourth-order valence-electron chi connectivity index (χ4n) is 1.46. The molecule has 0 radical (unpaired) electrons. The molecule has 16 heavy (non-hydrogen) atoms. The second-order valence-corrected chi connectivity index (χ2v) is 3.75. The first-order chi connectivity index (χ1) is 7.72. The van der Waals surface area contributed by atoms with E-state index in [4.69, 9.17) is 14.9 Å². The summed E-state index contributed by atoms with van der Waals surface area (Å²) in [5, 5.41) is 0.